The van der Waals surface area contributed by atoms with E-state index in [4.69, 9.17) is 5.11 Å². The molecular formula is C8H12N2O3S. The molecule has 0 spiro atoms. The molecule has 0 saturated carbocycles. The van der Waals surface area contributed by atoms with Crippen molar-refractivity contribution >= 4 is 22.4 Å². The number of anilines is 1. The number of carbonyl (C=O) groups is 1. The summed E-state index contributed by atoms with van der Waals surface area (Å²) in [6, 6.07) is 0. The smallest absolute Gasteiger partial charge is 0.306 e. The molecule has 0 aromatic carbocycles. The molecule has 1 heterocycles. The second-order valence-corrected chi connectivity index (χ2v) is 4.09. The molecule has 0 aliphatic heterocycles. The van der Waals surface area contributed by atoms with Crippen LogP contribution in [0.1, 0.15) is 17.4 Å². The van der Waals surface area contributed by atoms with Gasteiger partial charge in [-0.1, -0.05) is 11.3 Å². The Kier molecular flexibility index (Phi) is 3.43. The van der Waals surface area contributed by atoms with E-state index < -0.39 is 12.1 Å². The quantitative estimate of drug-likeness (QED) is 0.775. The van der Waals surface area contributed by atoms with Crippen molar-refractivity contribution in [3.8, 4) is 0 Å². The molecule has 1 atom stereocenters. The predicted octanol–water partition coefficient (Wildman–Crippen LogP) is 0.717. The number of hydrogen-bond donors (Lipinski definition) is 2. The van der Waals surface area contributed by atoms with Crippen LogP contribution in [-0.4, -0.2) is 35.3 Å². The van der Waals surface area contributed by atoms with Gasteiger partial charge in [-0.15, -0.1) is 0 Å². The van der Waals surface area contributed by atoms with Crippen molar-refractivity contribution in [2.75, 3.05) is 19.0 Å². The number of aromatic nitrogens is 1. The Hall–Kier alpha value is -1.14. The summed E-state index contributed by atoms with van der Waals surface area (Å²) in [6.07, 6.45) is 0.265. The van der Waals surface area contributed by atoms with Crippen molar-refractivity contribution in [3.05, 3.63) is 11.1 Å². The van der Waals surface area contributed by atoms with Crippen molar-refractivity contribution in [1.82, 2.24) is 4.98 Å². The van der Waals surface area contributed by atoms with E-state index in [0.717, 1.165) is 5.13 Å². The molecule has 6 heteroatoms. The van der Waals surface area contributed by atoms with Gasteiger partial charge in [0.05, 0.1) is 11.3 Å². The Morgan fingerprint density at radius 1 is 1.71 bits per heavy atom. The Morgan fingerprint density at radius 3 is 2.79 bits per heavy atom. The Morgan fingerprint density at radius 2 is 2.36 bits per heavy atom. The van der Waals surface area contributed by atoms with Crippen LogP contribution >= 0.6 is 11.3 Å². The average Bonchev–Trinajstić information content (AvgIpc) is 2.50. The first-order chi connectivity index (χ1) is 6.50. The Balaban J connectivity index is 2.71. The minimum atomic E-state index is -1.02. The number of aliphatic carboxylic acids is 1. The van der Waals surface area contributed by atoms with Crippen molar-refractivity contribution in [1.29, 1.82) is 0 Å². The van der Waals surface area contributed by atoms with Gasteiger partial charge in [-0.25, -0.2) is 4.98 Å². The molecule has 0 amide bonds. The number of hydrogen-bond acceptors (Lipinski definition) is 5. The summed E-state index contributed by atoms with van der Waals surface area (Å²) >= 11 is 1.29. The SMILES string of the molecule is CN(C)c1ncc([C@@H](O)CC(=O)O)s1. The minimum absolute atomic E-state index is 0.283. The van der Waals surface area contributed by atoms with Crippen LogP contribution < -0.4 is 4.90 Å². The number of nitrogens with zero attached hydrogens (tertiary/aromatic N) is 2. The number of thiazole rings is 1. The maximum absolute atomic E-state index is 10.3. The van der Waals surface area contributed by atoms with Crippen LogP contribution in [-0.2, 0) is 4.79 Å². The van der Waals surface area contributed by atoms with Gasteiger partial charge in [0.2, 0.25) is 0 Å². The molecule has 78 valence electrons. The van der Waals surface area contributed by atoms with E-state index in [1.165, 1.54) is 17.5 Å². The van der Waals surface area contributed by atoms with Gasteiger partial charge in [0.15, 0.2) is 5.13 Å². The molecule has 0 saturated heterocycles. The number of carboxylic acids is 1. The molecular weight excluding hydrogens is 204 g/mol. The normalized spacial score (nSPS) is 12.5. The van der Waals surface area contributed by atoms with Crippen LogP contribution in [0.15, 0.2) is 6.20 Å². The van der Waals surface area contributed by atoms with E-state index in [9.17, 15) is 9.90 Å². The highest BCUT2D eigenvalue weighted by Crippen LogP contribution is 2.27. The second kappa shape index (κ2) is 4.39. The standard InChI is InChI=1S/C8H12N2O3S/c1-10(2)8-9-4-6(14-8)5(11)3-7(12)13/h4-5,11H,3H2,1-2H3,(H,12,13)/t5-/m0/s1. The number of aliphatic hydroxyl groups is 1. The molecule has 14 heavy (non-hydrogen) atoms. The van der Waals surface area contributed by atoms with Crippen molar-refractivity contribution < 1.29 is 15.0 Å². The van der Waals surface area contributed by atoms with Gasteiger partial charge in [-0.3, -0.25) is 4.79 Å². The highest BCUT2D eigenvalue weighted by atomic mass is 32.1. The second-order valence-electron chi connectivity index (χ2n) is 3.05. The van der Waals surface area contributed by atoms with Crippen LogP contribution in [0.2, 0.25) is 0 Å². The molecule has 5 nitrogen and oxygen atoms in total. The fraction of sp³-hybridized carbons (Fsp3) is 0.500. The fourth-order valence-corrected chi connectivity index (χ4v) is 1.73. The largest absolute Gasteiger partial charge is 0.481 e. The lowest BCUT2D eigenvalue weighted by Gasteiger charge is -2.06. The summed E-state index contributed by atoms with van der Waals surface area (Å²) in [5, 5.41) is 18.7. The van der Waals surface area contributed by atoms with Crippen molar-refractivity contribution in [2.45, 2.75) is 12.5 Å². The van der Waals surface area contributed by atoms with Gasteiger partial charge in [-0.2, -0.15) is 0 Å². The van der Waals surface area contributed by atoms with E-state index in [1.807, 2.05) is 19.0 Å². The van der Waals surface area contributed by atoms with Crippen molar-refractivity contribution in [3.63, 3.8) is 0 Å². The minimum Gasteiger partial charge on any atom is -0.481 e. The fourth-order valence-electron chi connectivity index (χ4n) is 0.904. The lowest BCUT2D eigenvalue weighted by atomic mass is 10.2. The third-order valence-electron chi connectivity index (χ3n) is 1.59. The van der Waals surface area contributed by atoms with Crippen LogP contribution in [0.3, 0.4) is 0 Å². The molecule has 0 aliphatic rings. The van der Waals surface area contributed by atoms with Gasteiger partial charge in [-0.05, 0) is 0 Å². The summed E-state index contributed by atoms with van der Waals surface area (Å²) in [5.74, 6) is -1.02. The van der Waals surface area contributed by atoms with Crippen LogP contribution in [0.5, 0.6) is 0 Å². The summed E-state index contributed by atoms with van der Waals surface area (Å²) in [6.45, 7) is 0. The van der Waals surface area contributed by atoms with Crippen LogP contribution in [0.25, 0.3) is 0 Å². The van der Waals surface area contributed by atoms with Crippen LogP contribution in [0, 0.1) is 0 Å². The number of aliphatic hydroxyl groups excluding tert-OH is 1. The third kappa shape index (κ3) is 2.68. The molecule has 0 unspecified atom stereocenters. The molecule has 1 rings (SSSR count). The zero-order valence-corrected chi connectivity index (χ0v) is 8.78. The van der Waals surface area contributed by atoms with E-state index in [1.54, 1.807) is 0 Å². The topological polar surface area (TPSA) is 73.7 Å². The van der Waals surface area contributed by atoms with E-state index in [0.29, 0.717) is 4.88 Å². The number of carboxylic acid groups (broad SMARTS) is 1. The number of rotatable bonds is 4. The molecule has 0 aliphatic carbocycles. The van der Waals surface area contributed by atoms with E-state index >= 15 is 0 Å². The molecule has 1 aromatic heterocycles. The van der Waals surface area contributed by atoms with Gasteiger partial charge in [0, 0.05) is 20.3 Å². The lowest BCUT2D eigenvalue weighted by molar-refractivity contribution is -0.139. The summed E-state index contributed by atoms with van der Waals surface area (Å²) in [5.41, 5.74) is 0. The molecule has 1 aromatic rings. The lowest BCUT2D eigenvalue weighted by Crippen LogP contribution is -2.07. The Labute approximate surface area is 85.6 Å². The van der Waals surface area contributed by atoms with Gasteiger partial charge in [0.1, 0.15) is 6.10 Å². The van der Waals surface area contributed by atoms with Gasteiger partial charge < -0.3 is 15.1 Å². The van der Waals surface area contributed by atoms with E-state index in [-0.39, 0.29) is 6.42 Å². The van der Waals surface area contributed by atoms with Crippen molar-refractivity contribution in [2.24, 2.45) is 0 Å². The van der Waals surface area contributed by atoms with Gasteiger partial charge in [0.25, 0.3) is 0 Å². The average molecular weight is 216 g/mol. The molecule has 0 fully saturated rings. The summed E-state index contributed by atoms with van der Waals surface area (Å²) in [7, 11) is 3.68. The zero-order chi connectivity index (χ0) is 10.7. The monoisotopic (exact) mass is 216 g/mol. The third-order valence-corrected chi connectivity index (χ3v) is 2.86. The molecule has 2 N–H and O–H groups in total. The van der Waals surface area contributed by atoms with E-state index in [2.05, 4.69) is 4.98 Å². The van der Waals surface area contributed by atoms with Crippen LogP contribution in [0.4, 0.5) is 5.13 Å². The molecule has 0 radical (unpaired) electrons. The molecule has 0 bridgehead atoms. The summed E-state index contributed by atoms with van der Waals surface area (Å²) < 4.78 is 0. The Bertz CT molecular complexity index is 324. The maximum Gasteiger partial charge on any atom is 0.306 e. The first kappa shape index (κ1) is 10.9. The predicted molar refractivity (Wildman–Crippen MR) is 53.7 cm³/mol. The van der Waals surface area contributed by atoms with Gasteiger partial charge >= 0.3 is 5.97 Å². The first-order valence-electron chi connectivity index (χ1n) is 4.03. The maximum atomic E-state index is 10.3. The highest BCUT2D eigenvalue weighted by molar-refractivity contribution is 7.15. The highest BCUT2D eigenvalue weighted by Gasteiger charge is 2.15. The summed E-state index contributed by atoms with van der Waals surface area (Å²) in [4.78, 5) is 16.8. The first-order valence-corrected chi connectivity index (χ1v) is 4.85. The zero-order valence-electron chi connectivity index (χ0n) is 7.97.